The van der Waals surface area contributed by atoms with Crippen molar-refractivity contribution >= 4 is 5.78 Å². The van der Waals surface area contributed by atoms with Gasteiger partial charge in [0.05, 0.1) is 37.3 Å². The number of aliphatic hydroxyl groups is 2. The SMILES string of the molecule is COCC(C)(N)c1cc(-c2ccc(F)c(C)c2)nc(C(O)(CCC(=O)c2ccc(OCCO)c(OC)c2)C(F)(F)F)c1. The number of benzene rings is 2. The number of ketones is 1. The Morgan fingerprint density at radius 1 is 1.05 bits per heavy atom. The molecule has 2 aromatic carbocycles. The molecule has 0 aliphatic heterocycles. The first kappa shape index (κ1) is 32.9. The molecular formula is C30H34F4N2O6. The number of carbonyl (C=O) groups excluding carboxylic acids is 1. The second-order valence-electron chi connectivity index (χ2n) is 10.2. The van der Waals surface area contributed by atoms with Gasteiger partial charge in [-0.05, 0) is 79.9 Å². The molecule has 2 atom stereocenters. The summed E-state index contributed by atoms with van der Waals surface area (Å²) in [7, 11) is 2.71. The van der Waals surface area contributed by atoms with Gasteiger partial charge < -0.3 is 30.2 Å². The molecule has 0 saturated heterocycles. The molecule has 228 valence electrons. The van der Waals surface area contributed by atoms with E-state index in [1.165, 1.54) is 63.6 Å². The number of hydrogen-bond acceptors (Lipinski definition) is 8. The zero-order chi connectivity index (χ0) is 31.3. The summed E-state index contributed by atoms with van der Waals surface area (Å²) < 4.78 is 73.4. The van der Waals surface area contributed by atoms with Gasteiger partial charge in [-0.2, -0.15) is 13.2 Å². The fraction of sp³-hybridized carbons (Fsp3) is 0.400. The van der Waals surface area contributed by atoms with Crippen LogP contribution >= 0.6 is 0 Å². The summed E-state index contributed by atoms with van der Waals surface area (Å²) in [6, 6.07) is 10.5. The van der Waals surface area contributed by atoms with Crippen molar-refractivity contribution < 1.29 is 46.8 Å². The van der Waals surface area contributed by atoms with Crippen molar-refractivity contribution in [3.05, 3.63) is 76.7 Å². The van der Waals surface area contributed by atoms with Crippen molar-refractivity contribution in [1.29, 1.82) is 0 Å². The van der Waals surface area contributed by atoms with Gasteiger partial charge in [0.2, 0.25) is 5.60 Å². The number of aryl methyl sites for hydroxylation is 1. The van der Waals surface area contributed by atoms with Crippen LogP contribution in [0, 0.1) is 12.7 Å². The van der Waals surface area contributed by atoms with E-state index in [4.69, 9.17) is 25.1 Å². The Morgan fingerprint density at radius 2 is 1.76 bits per heavy atom. The molecule has 3 rings (SSSR count). The molecule has 12 heteroatoms. The van der Waals surface area contributed by atoms with Gasteiger partial charge in [0.25, 0.3) is 0 Å². The van der Waals surface area contributed by atoms with E-state index in [0.717, 1.165) is 6.07 Å². The molecule has 0 radical (unpaired) electrons. The molecule has 0 amide bonds. The van der Waals surface area contributed by atoms with Crippen LogP contribution in [-0.2, 0) is 15.9 Å². The smallest absolute Gasteiger partial charge is 0.422 e. The number of pyridine rings is 1. The topological polar surface area (TPSA) is 124 Å². The Bertz CT molecular complexity index is 1410. The first-order chi connectivity index (χ1) is 19.7. The van der Waals surface area contributed by atoms with Crippen molar-refractivity contribution in [2.45, 2.75) is 44.0 Å². The number of carbonyl (C=O) groups is 1. The van der Waals surface area contributed by atoms with Crippen LogP contribution in [0.4, 0.5) is 17.6 Å². The monoisotopic (exact) mass is 594 g/mol. The molecule has 42 heavy (non-hydrogen) atoms. The number of nitrogens with zero attached hydrogens (tertiary/aromatic N) is 1. The number of Topliss-reactive ketones (excluding diaryl/α,β-unsaturated/α-hetero) is 1. The third-order valence-electron chi connectivity index (χ3n) is 6.82. The maximum atomic E-state index is 14.6. The van der Waals surface area contributed by atoms with E-state index >= 15 is 0 Å². The van der Waals surface area contributed by atoms with Gasteiger partial charge in [-0.1, -0.05) is 0 Å². The first-order valence-electron chi connectivity index (χ1n) is 13.0. The number of alkyl halides is 3. The van der Waals surface area contributed by atoms with Crippen LogP contribution in [0.25, 0.3) is 11.3 Å². The van der Waals surface area contributed by atoms with E-state index < -0.39 is 47.5 Å². The zero-order valence-electron chi connectivity index (χ0n) is 23.7. The highest BCUT2D eigenvalue weighted by atomic mass is 19.4. The largest absolute Gasteiger partial charge is 0.493 e. The summed E-state index contributed by atoms with van der Waals surface area (Å²) in [5.41, 5.74) is 1.57. The average molecular weight is 595 g/mol. The molecule has 2 unspecified atom stereocenters. The van der Waals surface area contributed by atoms with Crippen LogP contribution in [0.3, 0.4) is 0 Å². The van der Waals surface area contributed by atoms with Crippen LogP contribution < -0.4 is 15.2 Å². The number of hydrogen-bond donors (Lipinski definition) is 3. The van der Waals surface area contributed by atoms with Gasteiger partial charge in [-0.15, -0.1) is 0 Å². The fourth-order valence-electron chi connectivity index (χ4n) is 4.38. The van der Waals surface area contributed by atoms with E-state index in [-0.39, 0.29) is 53.7 Å². The third-order valence-corrected chi connectivity index (χ3v) is 6.82. The number of ether oxygens (including phenoxy) is 3. The van der Waals surface area contributed by atoms with Gasteiger partial charge in [-0.25, -0.2) is 9.37 Å². The van der Waals surface area contributed by atoms with Crippen LogP contribution in [0.1, 0.15) is 46.9 Å². The molecule has 3 aromatic rings. The normalized spacial score (nSPS) is 14.6. The fourth-order valence-corrected chi connectivity index (χ4v) is 4.38. The van der Waals surface area contributed by atoms with Crippen molar-refractivity contribution in [2.75, 3.05) is 34.0 Å². The molecule has 8 nitrogen and oxygen atoms in total. The van der Waals surface area contributed by atoms with Crippen molar-refractivity contribution in [3.63, 3.8) is 0 Å². The lowest BCUT2D eigenvalue weighted by atomic mass is 9.86. The molecule has 0 spiro atoms. The summed E-state index contributed by atoms with van der Waals surface area (Å²) in [6.45, 7) is 2.69. The predicted octanol–water partition coefficient (Wildman–Crippen LogP) is 4.81. The third kappa shape index (κ3) is 7.24. The van der Waals surface area contributed by atoms with Crippen LogP contribution in [0.2, 0.25) is 0 Å². The molecular weight excluding hydrogens is 560 g/mol. The van der Waals surface area contributed by atoms with Gasteiger partial charge in [0.1, 0.15) is 12.4 Å². The summed E-state index contributed by atoms with van der Waals surface area (Å²) in [5.74, 6) is -0.818. The van der Waals surface area contributed by atoms with Gasteiger partial charge >= 0.3 is 6.18 Å². The quantitative estimate of drug-likeness (QED) is 0.190. The maximum absolute atomic E-state index is 14.6. The first-order valence-corrected chi connectivity index (χ1v) is 13.0. The standard InChI is InChI=1S/C30H34F4N2O6/c1-18-13-19(5-7-22(18)31)23-15-21(28(2,35)17-40-3)16-27(36-23)29(39,30(32,33)34)10-9-24(38)20-6-8-25(42-12-11-37)26(14-20)41-4/h5-8,13-16,37,39H,9-12,17,35H2,1-4H3. The van der Waals surface area contributed by atoms with E-state index in [2.05, 4.69) is 4.98 Å². The van der Waals surface area contributed by atoms with Crippen molar-refractivity contribution in [2.24, 2.45) is 5.73 Å². The van der Waals surface area contributed by atoms with Gasteiger partial charge in [0.15, 0.2) is 17.3 Å². The van der Waals surface area contributed by atoms with E-state index in [1.54, 1.807) is 6.92 Å². The Hall–Kier alpha value is -3.58. The highest BCUT2D eigenvalue weighted by Crippen LogP contribution is 2.44. The Labute approximate surface area is 241 Å². The highest BCUT2D eigenvalue weighted by Gasteiger charge is 2.56. The number of rotatable bonds is 13. The summed E-state index contributed by atoms with van der Waals surface area (Å²) in [4.78, 5) is 17.2. The highest BCUT2D eigenvalue weighted by molar-refractivity contribution is 5.96. The van der Waals surface area contributed by atoms with E-state index in [1.807, 2.05) is 0 Å². The average Bonchev–Trinajstić information content (AvgIpc) is 2.95. The van der Waals surface area contributed by atoms with Crippen LogP contribution in [0.15, 0.2) is 48.5 Å². The van der Waals surface area contributed by atoms with Crippen LogP contribution in [0.5, 0.6) is 11.5 Å². The summed E-state index contributed by atoms with van der Waals surface area (Å²) >= 11 is 0. The molecule has 0 fully saturated rings. The summed E-state index contributed by atoms with van der Waals surface area (Å²) in [6.07, 6.45) is -6.99. The maximum Gasteiger partial charge on any atom is 0.422 e. The second-order valence-corrected chi connectivity index (χ2v) is 10.2. The molecule has 0 saturated carbocycles. The lowest BCUT2D eigenvalue weighted by Gasteiger charge is -2.32. The minimum absolute atomic E-state index is 0.0237. The Morgan fingerprint density at radius 3 is 2.36 bits per heavy atom. The van der Waals surface area contributed by atoms with Crippen molar-refractivity contribution in [1.82, 2.24) is 4.98 Å². The lowest BCUT2D eigenvalue weighted by molar-refractivity contribution is -0.270. The molecule has 0 aliphatic rings. The van der Waals surface area contributed by atoms with Crippen LogP contribution in [-0.4, -0.2) is 61.2 Å². The molecule has 0 aliphatic carbocycles. The number of nitrogens with two attached hydrogens (primary N) is 1. The Balaban J connectivity index is 2.06. The van der Waals surface area contributed by atoms with E-state index in [0.29, 0.717) is 5.56 Å². The molecule has 0 bridgehead atoms. The molecule has 1 heterocycles. The number of halogens is 4. The van der Waals surface area contributed by atoms with Gasteiger partial charge in [0, 0.05) is 24.7 Å². The Kier molecular flexibility index (Phi) is 10.3. The molecule has 1 aromatic heterocycles. The van der Waals surface area contributed by atoms with Crippen molar-refractivity contribution in [3.8, 4) is 22.8 Å². The number of aromatic nitrogens is 1. The van der Waals surface area contributed by atoms with E-state index in [9.17, 15) is 27.5 Å². The lowest BCUT2D eigenvalue weighted by Crippen LogP contribution is -2.44. The molecule has 4 N–H and O–H groups in total. The minimum atomic E-state index is -5.24. The minimum Gasteiger partial charge on any atom is -0.493 e. The second kappa shape index (κ2) is 13.2. The number of aliphatic hydroxyl groups excluding tert-OH is 1. The summed E-state index contributed by atoms with van der Waals surface area (Å²) in [5, 5.41) is 20.2. The number of methoxy groups -OCH3 is 2. The zero-order valence-corrected chi connectivity index (χ0v) is 23.7. The predicted molar refractivity (Wildman–Crippen MR) is 147 cm³/mol. The van der Waals surface area contributed by atoms with Gasteiger partial charge in [-0.3, -0.25) is 4.79 Å².